The topological polar surface area (TPSA) is 141 Å². The summed E-state index contributed by atoms with van der Waals surface area (Å²) in [5.74, 6) is -1.51. The maximum absolute atomic E-state index is 13.5. The van der Waals surface area contributed by atoms with Crippen LogP contribution in [0.3, 0.4) is 0 Å². The van der Waals surface area contributed by atoms with Crippen LogP contribution in [0.25, 0.3) is 0 Å². The van der Waals surface area contributed by atoms with Crippen molar-refractivity contribution in [3.8, 4) is 5.75 Å². The van der Waals surface area contributed by atoms with Crippen molar-refractivity contribution in [1.82, 2.24) is 15.2 Å². The zero-order valence-corrected chi connectivity index (χ0v) is 25.4. The summed E-state index contributed by atoms with van der Waals surface area (Å²) in [4.78, 5) is 58.9. The minimum Gasteiger partial charge on any atom is -0.484 e. The molecule has 1 aliphatic heterocycles. The van der Waals surface area contributed by atoms with Gasteiger partial charge in [-0.15, -0.1) is 0 Å². The van der Waals surface area contributed by atoms with Crippen LogP contribution in [0.2, 0.25) is 0 Å². The molecule has 1 unspecified atom stereocenters. The number of carboxylic acid groups (broad SMARTS) is 1. The highest BCUT2D eigenvalue weighted by molar-refractivity contribution is 6.00. The number of nitrogens with zero attached hydrogens (tertiary/aromatic N) is 3. The van der Waals surface area contributed by atoms with E-state index in [0.29, 0.717) is 54.4 Å². The lowest BCUT2D eigenvalue weighted by Crippen LogP contribution is -2.49. The van der Waals surface area contributed by atoms with Crippen LogP contribution < -0.4 is 20.3 Å². The van der Waals surface area contributed by atoms with Crippen LogP contribution >= 0.6 is 0 Å². The van der Waals surface area contributed by atoms with Crippen molar-refractivity contribution < 1.29 is 29.0 Å². The van der Waals surface area contributed by atoms with E-state index in [4.69, 9.17) is 4.74 Å². The molecule has 0 saturated carbocycles. The minimum atomic E-state index is -1.05. The van der Waals surface area contributed by atoms with Crippen LogP contribution in [-0.2, 0) is 9.59 Å². The summed E-state index contributed by atoms with van der Waals surface area (Å²) in [5.41, 5.74) is 3.52. The monoisotopic (exact) mass is 621 g/mol. The van der Waals surface area contributed by atoms with Gasteiger partial charge < -0.3 is 30.3 Å². The number of ether oxygens (including phenoxy) is 1. The van der Waals surface area contributed by atoms with Crippen LogP contribution in [-0.4, -0.2) is 71.5 Å². The fraction of sp³-hybridized carbons (Fsp3) is 0.229. The lowest BCUT2D eigenvalue weighted by Gasteiger charge is -2.37. The average molecular weight is 622 g/mol. The summed E-state index contributed by atoms with van der Waals surface area (Å²) in [5, 5.41) is 15.2. The van der Waals surface area contributed by atoms with Gasteiger partial charge in [0.2, 0.25) is 0 Å². The Hall–Kier alpha value is -5.71. The van der Waals surface area contributed by atoms with E-state index in [1.807, 2.05) is 30.0 Å². The highest BCUT2D eigenvalue weighted by atomic mass is 16.5. The number of nitrogens with one attached hydrogen (secondary N) is 2. The summed E-state index contributed by atoms with van der Waals surface area (Å²) in [6.07, 6.45) is 2.87. The van der Waals surface area contributed by atoms with Gasteiger partial charge in [-0.25, -0.2) is 0 Å². The number of hydrogen-bond acceptors (Lipinski definition) is 7. The maximum Gasteiger partial charge on any atom is 0.305 e. The molecule has 11 heteroatoms. The molecule has 0 bridgehead atoms. The van der Waals surface area contributed by atoms with Crippen LogP contribution in [0, 0.1) is 6.92 Å². The second-order valence-corrected chi connectivity index (χ2v) is 10.9. The Morgan fingerprint density at radius 3 is 2.30 bits per heavy atom. The number of carbonyl (C=O) groups excluding carboxylic acids is 3. The Labute approximate surface area is 266 Å². The van der Waals surface area contributed by atoms with E-state index in [0.717, 1.165) is 5.56 Å². The number of aryl methyl sites for hydroxylation is 1. The first kappa shape index (κ1) is 31.7. The Morgan fingerprint density at radius 1 is 0.891 bits per heavy atom. The van der Waals surface area contributed by atoms with Gasteiger partial charge in [-0.05, 0) is 55.0 Å². The number of carboxylic acids is 1. The van der Waals surface area contributed by atoms with Crippen molar-refractivity contribution in [3.05, 3.63) is 120 Å². The first-order valence-electron chi connectivity index (χ1n) is 14.9. The lowest BCUT2D eigenvalue weighted by molar-refractivity contribution is -0.137. The minimum absolute atomic E-state index is 0.101. The number of pyridine rings is 1. The Bertz CT molecular complexity index is 1670. The van der Waals surface area contributed by atoms with E-state index in [9.17, 15) is 24.3 Å². The van der Waals surface area contributed by atoms with Gasteiger partial charge in [0.25, 0.3) is 17.7 Å². The van der Waals surface area contributed by atoms with Gasteiger partial charge in [0.1, 0.15) is 5.75 Å². The number of amides is 3. The summed E-state index contributed by atoms with van der Waals surface area (Å²) in [6.45, 7) is 3.57. The van der Waals surface area contributed by atoms with E-state index in [2.05, 4.69) is 15.6 Å². The molecule has 0 radical (unpaired) electrons. The number of rotatable bonds is 11. The van der Waals surface area contributed by atoms with Crippen molar-refractivity contribution in [1.29, 1.82) is 0 Å². The largest absolute Gasteiger partial charge is 0.484 e. The van der Waals surface area contributed by atoms with Gasteiger partial charge in [-0.3, -0.25) is 24.2 Å². The Kier molecular flexibility index (Phi) is 10.2. The number of aromatic nitrogens is 1. The molecule has 5 rings (SSSR count). The zero-order chi connectivity index (χ0) is 32.5. The van der Waals surface area contributed by atoms with Gasteiger partial charge in [0, 0.05) is 44.1 Å². The number of para-hydroxylation sites is 1. The SMILES string of the molecule is Cc1ccc(C(CC(=O)O)NC(=O)c2ccc(N3CCN(C(=O)c4cccnc4)CC3)c(NC(=O)COc3ccccc3)c2)cc1. The molecule has 3 aromatic carbocycles. The normalized spacial score (nSPS) is 13.4. The third-order valence-corrected chi connectivity index (χ3v) is 7.63. The molecule has 3 amide bonds. The van der Waals surface area contributed by atoms with Crippen molar-refractivity contribution in [2.24, 2.45) is 0 Å². The van der Waals surface area contributed by atoms with Crippen molar-refractivity contribution in [3.63, 3.8) is 0 Å². The fourth-order valence-electron chi connectivity index (χ4n) is 5.19. The number of aliphatic carboxylic acids is 1. The van der Waals surface area contributed by atoms with E-state index < -0.39 is 23.8 Å². The maximum atomic E-state index is 13.5. The molecule has 2 heterocycles. The van der Waals surface area contributed by atoms with Crippen molar-refractivity contribution >= 4 is 35.1 Å². The fourth-order valence-corrected chi connectivity index (χ4v) is 5.19. The van der Waals surface area contributed by atoms with Crippen molar-refractivity contribution in [2.75, 3.05) is 43.0 Å². The van der Waals surface area contributed by atoms with E-state index in [1.165, 1.54) is 0 Å². The second-order valence-electron chi connectivity index (χ2n) is 10.9. The molecule has 4 aromatic rings. The van der Waals surface area contributed by atoms with E-state index in [-0.39, 0.29) is 24.5 Å². The summed E-state index contributed by atoms with van der Waals surface area (Å²) in [7, 11) is 0. The molecule has 46 heavy (non-hydrogen) atoms. The zero-order valence-electron chi connectivity index (χ0n) is 25.4. The predicted octanol–water partition coefficient (Wildman–Crippen LogP) is 4.32. The predicted molar refractivity (Wildman–Crippen MR) is 173 cm³/mol. The van der Waals surface area contributed by atoms with Crippen molar-refractivity contribution in [2.45, 2.75) is 19.4 Å². The molecule has 1 aliphatic rings. The molecule has 1 saturated heterocycles. The number of piperazine rings is 1. The van der Waals surface area contributed by atoms with Gasteiger partial charge >= 0.3 is 5.97 Å². The van der Waals surface area contributed by atoms with Crippen LogP contribution in [0.15, 0.2) is 97.3 Å². The molecular formula is C35H35N5O6. The lowest BCUT2D eigenvalue weighted by atomic mass is 10.0. The second kappa shape index (κ2) is 14.8. The molecule has 3 N–H and O–H groups in total. The number of carbonyl (C=O) groups is 4. The first-order valence-corrected chi connectivity index (χ1v) is 14.9. The average Bonchev–Trinajstić information content (AvgIpc) is 3.08. The van der Waals surface area contributed by atoms with Gasteiger partial charge in [-0.1, -0.05) is 48.0 Å². The Balaban J connectivity index is 1.35. The van der Waals surface area contributed by atoms with Crippen LogP contribution in [0.5, 0.6) is 5.75 Å². The number of hydrogen-bond donors (Lipinski definition) is 3. The quantitative estimate of drug-likeness (QED) is 0.225. The molecule has 1 atom stereocenters. The smallest absolute Gasteiger partial charge is 0.305 e. The molecular weight excluding hydrogens is 586 g/mol. The standard InChI is InChI=1S/C35H35N5O6/c1-24-9-11-25(12-10-24)29(21-33(42)43)38-34(44)26-13-14-31(30(20-26)37-32(41)23-46-28-7-3-2-4-8-28)39-16-18-40(19-17-39)35(45)27-6-5-15-36-22-27/h2-15,20,22,29H,16-19,21,23H2,1H3,(H,37,41)(H,38,44)(H,42,43). The summed E-state index contributed by atoms with van der Waals surface area (Å²) >= 11 is 0. The summed E-state index contributed by atoms with van der Waals surface area (Å²) in [6, 6.07) is 23.9. The highest BCUT2D eigenvalue weighted by Crippen LogP contribution is 2.29. The van der Waals surface area contributed by atoms with Gasteiger partial charge in [-0.2, -0.15) is 0 Å². The van der Waals surface area contributed by atoms with Gasteiger partial charge in [0.05, 0.1) is 29.4 Å². The highest BCUT2D eigenvalue weighted by Gasteiger charge is 2.26. The third-order valence-electron chi connectivity index (χ3n) is 7.63. The van der Waals surface area contributed by atoms with Gasteiger partial charge in [0.15, 0.2) is 6.61 Å². The molecule has 0 spiro atoms. The number of anilines is 2. The number of benzene rings is 3. The molecule has 1 fully saturated rings. The third kappa shape index (κ3) is 8.26. The molecule has 11 nitrogen and oxygen atoms in total. The van der Waals surface area contributed by atoms with Crippen LogP contribution in [0.1, 0.15) is 44.3 Å². The Morgan fingerprint density at radius 2 is 1.63 bits per heavy atom. The molecule has 236 valence electrons. The molecule has 1 aromatic heterocycles. The first-order chi connectivity index (χ1) is 22.3. The molecule has 0 aliphatic carbocycles. The van der Waals surface area contributed by atoms with E-state index in [1.54, 1.807) is 84.0 Å². The summed E-state index contributed by atoms with van der Waals surface area (Å²) < 4.78 is 5.62. The van der Waals surface area contributed by atoms with E-state index >= 15 is 0 Å². The van der Waals surface area contributed by atoms with Crippen LogP contribution in [0.4, 0.5) is 11.4 Å².